The molecule has 4 heterocycles. The van der Waals surface area contributed by atoms with Gasteiger partial charge in [-0.15, -0.1) is 0 Å². The normalized spacial score (nSPS) is 15.7. The van der Waals surface area contributed by atoms with Crippen LogP contribution in [0.3, 0.4) is 0 Å². The van der Waals surface area contributed by atoms with Gasteiger partial charge in [0.1, 0.15) is 5.82 Å². The van der Waals surface area contributed by atoms with Crippen LogP contribution >= 0.6 is 0 Å². The van der Waals surface area contributed by atoms with Crippen molar-refractivity contribution >= 4 is 17.2 Å². The first-order valence-electron chi connectivity index (χ1n) is 8.15. The molecule has 1 aliphatic rings. The van der Waals surface area contributed by atoms with Crippen molar-refractivity contribution in [1.82, 2.24) is 19.4 Å². The van der Waals surface area contributed by atoms with Crippen LogP contribution in [0.4, 0.5) is 5.82 Å². The fraction of sp³-hybridized carbons (Fsp3) is 0.353. The van der Waals surface area contributed by atoms with E-state index in [4.69, 9.17) is 4.74 Å². The van der Waals surface area contributed by atoms with E-state index in [1.54, 1.807) is 16.8 Å². The van der Waals surface area contributed by atoms with Crippen LogP contribution in [0.25, 0.3) is 5.52 Å². The summed E-state index contributed by atoms with van der Waals surface area (Å²) in [6, 6.07) is 9.30. The van der Waals surface area contributed by atoms with Crippen LogP contribution in [0.2, 0.25) is 0 Å². The molecule has 1 N–H and O–H groups in total. The molecule has 1 aliphatic heterocycles. The van der Waals surface area contributed by atoms with Crippen molar-refractivity contribution in [1.29, 1.82) is 0 Å². The van der Waals surface area contributed by atoms with E-state index in [0.717, 1.165) is 38.1 Å². The molecule has 4 rings (SSSR count). The molecular weight excluding hydrogens is 306 g/mol. The van der Waals surface area contributed by atoms with Crippen LogP contribution in [-0.2, 0) is 11.3 Å². The van der Waals surface area contributed by atoms with Gasteiger partial charge in [0.05, 0.1) is 11.7 Å². The minimum Gasteiger partial charge on any atom is -0.381 e. The molecule has 1 saturated heterocycles. The Morgan fingerprint density at radius 2 is 2.17 bits per heavy atom. The summed E-state index contributed by atoms with van der Waals surface area (Å²) in [5, 5.41) is 11.5. The maximum absolute atomic E-state index is 12.5. The molecule has 0 aliphatic carbocycles. The number of pyridine rings is 1. The molecule has 3 aromatic heterocycles. The third kappa shape index (κ3) is 3.03. The molecule has 3 aromatic rings. The van der Waals surface area contributed by atoms with Crippen LogP contribution in [0, 0.1) is 5.92 Å². The molecule has 1 fully saturated rings. The van der Waals surface area contributed by atoms with Gasteiger partial charge >= 0.3 is 0 Å². The van der Waals surface area contributed by atoms with Gasteiger partial charge in [-0.25, -0.2) is 9.20 Å². The summed E-state index contributed by atoms with van der Waals surface area (Å²) in [5.41, 5.74) is 1.28. The van der Waals surface area contributed by atoms with Gasteiger partial charge in [0, 0.05) is 32.0 Å². The Hall–Kier alpha value is -2.67. The second kappa shape index (κ2) is 6.45. The van der Waals surface area contributed by atoms with E-state index in [9.17, 15) is 4.79 Å². The highest BCUT2D eigenvalue weighted by Crippen LogP contribution is 2.19. The first-order chi connectivity index (χ1) is 11.8. The van der Waals surface area contributed by atoms with Crippen molar-refractivity contribution in [2.75, 3.05) is 18.5 Å². The largest absolute Gasteiger partial charge is 0.381 e. The van der Waals surface area contributed by atoms with E-state index in [-0.39, 0.29) is 5.91 Å². The van der Waals surface area contributed by atoms with Crippen LogP contribution in [-0.4, -0.2) is 38.5 Å². The van der Waals surface area contributed by atoms with E-state index in [1.807, 2.05) is 35.1 Å². The Labute approximate surface area is 139 Å². The van der Waals surface area contributed by atoms with Crippen molar-refractivity contribution < 1.29 is 9.53 Å². The number of fused-ring (bicyclic) bond motifs is 1. The van der Waals surface area contributed by atoms with Crippen LogP contribution in [0.1, 0.15) is 23.3 Å². The maximum Gasteiger partial charge on any atom is 0.277 e. The summed E-state index contributed by atoms with van der Waals surface area (Å²) in [6.45, 7) is 2.39. The van der Waals surface area contributed by atoms with Gasteiger partial charge in [-0.3, -0.25) is 4.79 Å². The molecule has 124 valence electrons. The highest BCUT2D eigenvalue weighted by molar-refractivity contribution is 6.03. The molecule has 24 heavy (non-hydrogen) atoms. The fourth-order valence-electron chi connectivity index (χ4n) is 2.99. The molecule has 0 saturated carbocycles. The fourth-order valence-corrected chi connectivity index (χ4v) is 2.99. The van der Waals surface area contributed by atoms with Gasteiger partial charge < -0.3 is 10.1 Å². The molecular formula is C17H19N5O2. The van der Waals surface area contributed by atoms with Gasteiger partial charge in [0.2, 0.25) is 0 Å². The number of ether oxygens (including phenoxy) is 1. The molecule has 7 nitrogen and oxygen atoms in total. The van der Waals surface area contributed by atoms with Gasteiger partial charge in [-0.05, 0) is 37.0 Å². The van der Waals surface area contributed by atoms with Gasteiger partial charge in [-0.1, -0.05) is 6.07 Å². The molecule has 0 aromatic carbocycles. The molecule has 0 radical (unpaired) electrons. The van der Waals surface area contributed by atoms with E-state index in [1.165, 1.54) is 0 Å². The highest BCUT2D eigenvalue weighted by atomic mass is 16.5. The summed E-state index contributed by atoms with van der Waals surface area (Å²) < 4.78 is 8.93. The monoisotopic (exact) mass is 325 g/mol. The number of hydrogen-bond acceptors (Lipinski definition) is 4. The molecule has 1 amide bonds. The van der Waals surface area contributed by atoms with Crippen LogP contribution in [0.5, 0.6) is 0 Å². The Morgan fingerprint density at radius 3 is 3.00 bits per heavy atom. The second-order valence-electron chi connectivity index (χ2n) is 6.01. The third-order valence-electron chi connectivity index (χ3n) is 4.33. The van der Waals surface area contributed by atoms with Gasteiger partial charge in [-0.2, -0.15) is 10.2 Å². The molecule has 7 heteroatoms. The lowest BCUT2D eigenvalue weighted by molar-refractivity contribution is 0.0603. The number of hydrogen-bond donors (Lipinski definition) is 1. The van der Waals surface area contributed by atoms with Crippen molar-refractivity contribution in [3.63, 3.8) is 0 Å². The predicted molar refractivity (Wildman–Crippen MR) is 88.9 cm³/mol. The molecule has 0 spiro atoms. The van der Waals surface area contributed by atoms with Crippen LogP contribution in [0.15, 0.2) is 42.7 Å². The highest BCUT2D eigenvalue weighted by Gasteiger charge is 2.18. The number of nitrogens with zero attached hydrogens (tertiary/aromatic N) is 4. The van der Waals surface area contributed by atoms with Gasteiger partial charge in [0.25, 0.3) is 5.91 Å². The lowest BCUT2D eigenvalue weighted by Gasteiger charge is -2.22. The smallest absolute Gasteiger partial charge is 0.277 e. The van der Waals surface area contributed by atoms with Crippen LogP contribution < -0.4 is 5.32 Å². The lowest BCUT2D eigenvalue weighted by Crippen LogP contribution is -2.23. The summed E-state index contributed by atoms with van der Waals surface area (Å²) in [4.78, 5) is 12.5. The van der Waals surface area contributed by atoms with E-state index < -0.39 is 0 Å². The van der Waals surface area contributed by atoms with E-state index >= 15 is 0 Å². The number of carbonyl (C=O) groups is 1. The average molecular weight is 325 g/mol. The Kier molecular flexibility index (Phi) is 4.00. The topological polar surface area (TPSA) is 73.5 Å². The number of nitrogens with one attached hydrogen (secondary N) is 1. The first-order valence-corrected chi connectivity index (χ1v) is 8.15. The second-order valence-corrected chi connectivity index (χ2v) is 6.01. The summed E-state index contributed by atoms with van der Waals surface area (Å²) in [5.74, 6) is 1.00. The zero-order valence-corrected chi connectivity index (χ0v) is 13.3. The Balaban J connectivity index is 1.48. The minimum absolute atomic E-state index is 0.229. The zero-order chi connectivity index (χ0) is 16.4. The third-order valence-corrected chi connectivity index (χ3v) is 4.33. The van der Waals surface area contributed by atoms with Crippen molar-refractivity contribution in [2.45, 2.75) is 19.4 Å². The SMILES string of the molecule is O=C(Nc1ccnn1CC1CCOCC1)c1cc2ccccn2n1. The summed E-state index contributed by atoms with van der Waals surface area (Å²) in [6.07, 6.45) is 5.58. The predicted octanol–water partition coefficient (Wildman–Crippen LogP) is 2.21. The van der Waals surface area contributed by atoms with Crippen molar-refractivity contribution in [2.24, 2.45) is 5.92 Å². The Bertz CT molecular complexity index is 814. The van der Waals surface area contributed by atoms with Crippen molar-refractivity contribution in [3.05, 3.63) is 48.4 Å². The average Bonchev–Trinajstić information content (AvgIpc) is 3.23. The van der Waals surface area contributed by atoms with Gasteiger partial charge in [0.15, 0.2) is 5.69 Å². The number of carbonyl (C=O) groups excluding carboxylic acids is 1. The number of amides is 1. The Morgan fingerprint density at radius 1 is 1.29 bits per heavy atom. The number of rotatable bonds is 4. The minimum atomic E-state index is -0.229. The maximum atomic E-state index is 12.5. The lowest BCUT2D eigenvalue weighted by atomic mass is 10.0. The van der Waals surface area contributed by atoms with E-state index in [0.29, 0.717) is 17.4 Å². The first kappa shape index (κ1) is 14.9. The summed E-state index contributed by atoms with van der Waals surface area (Å²) >= 11 is 0. The molecule has 0 atom stereocenters. The quantitative estimate of drug-likeness (QED) is 0.798. The molecule has 0 unspecified atom stereocenters. The number of anilines is 1. The number of aromatic nitrogens is 4. The standard InChI is InChI=1S/C17H19N5O2/c23-17(15-11-14-3-1-2-8-21(14)20-15)19-16-4-7-18-22(16)12-13-5-9-24-10-6-13/h1-4,7-8,11,13H,5-6,9-10,12H2,(H,19,23). The van der Waals surface area contributed by atoms with Crippen molar-refractivity contribution in [3.8, 4) is 0 Å². The molecule has 0 bridgehead atoms. The zero-order valence-electron chi connectivity index (χ0n) is 13.3. The van der Waals surface area contributed by atoms with E-state index in [2.05, 4.69) is 15.5 Å². The summed E-state index contributed by atoms with van der Waals surface area (Å²) in [7, 11) is 0.